The van der Waals surface area contributed by atoms with Crippen LogP contribution in [0.15, 0.2) is 60.7 Å². The SMILES string of the molecule is O=C(CCCN1CCCCC1)C(O)(c1ccccc1)c1ccccc1. The van der Waals surface area contributed by atoms with Crippen LogP contribution in [0.25, 0.3) is 0 Å². The molecule has 0 amide bonds. The molecule has 132 valence electrons. The zero-order valence-electron chi connectivity index (χ0n) is 14.7. The van der Waals surface area contributed by atoms with E-state index in [0.717, 1.165) is 26.1 Å². The summed E-state index contributed by atoms with van der Waals surface area (Å²) in [6, 6.07) is 18.6. The van der Waals surface area contributed by atoms with E-state index in [2.05, 4.69) is 4.90 Å². The maximum atomic E-state index is 13.0. The van der Waals surface area contributed by atoms with E-state index in [1.54, 1.807) is 0 Å². The summed E-state index contributed by atoms with van der Waals surface area (Å²) >= 11 is 0. The minimum Gasteiger partial charge on any atom is -0.373 e. The number of carbonyl (C=O) groups excluding carboxylic acids is 1. The lowest BCUT2D eigenvalue weighted by Crippen LogP contribution is -2.38. The van der Waals surface area contributed by atoms with Gasteiger partial charge in [0.05, 0.1) is 0 Å². The number of aliphatic hydroxyl groups is 1. The number of carbonyl (C=O) groups is 1. The Morgan fingerprint density at radius 3 is 1.92 bits per heavy atom. The predicted molar refractivity (Wildman–Crippen MR) is 100 cm³/mol. The quantitative estimate of drug-likeness (QED) is 0.836. The molecule has 3 nitrogen and oxygen atoms in total. The smallest absolute Gasteiger partial charge is 0.173 e. The highest BCUT2D eigenvalue weighted by Gasteiger charge is 2.38. The van der Waals surface area contributed by atoms with Crippen LogP contribution in [0.2, 0.25) is 0 Å². The van der Waals surface area contributed by atoms with E-state index < -0.39 is 5.60 Å². The molecule has 0 atom stereocenters. The summed E-state index contributed by atoms with van der Waals surface area (Å²) < 4.78 is 0. The second kappa shape index (κ2) is 8.41. The predicted octanol–water partition coefficient (Wildman–Crippen LogP) is 3.76. The second-order valence-corrected chi connectivity index (χ2v) is 6.87. The van der Waals surface area contributed by atoms with Crippen LogP contribution in [0.5, 0.6) is 0 Å². The maximum absolute atomic E-state index is 13.0. The molecule has 0 bridgehead atoms. The van der Waals surface area contributed by atoms with Gasteiger partial charge in [0.25, 0.3) is 0 Å². The van der Waals surface area contributed by atoms with Crippen LogP contribution in [-0.2, 0) is 10.4 Å². The number of piperidine rings is 1. The van der Waals surface area contributed by atoms with Crippen molar-refractivity contribution in [2.45, 2.75) is 37.7 Å². The third-order valence-corrected chi connectivity index (χ3v) is 5.11. The van der Waals surface area contributed by atoms with Crippen molar-refractivity contribution in [3.8, 4) is 0 Å². The van der Waals surface area contributed by atoms with Gasteiger partial charge in [0.15, 0.2) is 11.4 Å². The molecule has 25 heavy (non-hydrogen) atoms. The van der Waals surface area contributed by atoms with Crippen LogP contribution in [-0.4, -0.2) is 35.4 Å². The Morgan fingerprint density at radius 2 is 1.40 bits per heavy atom. The lowest BCUT2D eigenvalue weighted by molar-refractivity contribution is -0.134. The number of likely N-dealkylation sites (tertiary alicyclic amines) is 1. The van der Waals surface area contributed by atoms with Gasteiger partial charge < -0.3 is 10.0 Å². The van der Waals surface area contributed by atoms with Gasteiger partial charge in [-0.25, -0.2) is 0 Å². The van der Waals surface area contributed by atoms with Gasteiger partial charge >= 0.3 is 0 Å². The summed E-state index contributed by atoms with van der Waals surface area (Å²) in [7, 11) is 0. The molecule has 1 aliphatic rings. The van der Waals surface area contributed by atoms with Crippen molar-refractivity contribution in [1.29, 1.82) is 0 Å². The van der Waals surface area contributed by atoms with Crippen LogP contribution in [0, 0.1) is 0 Å². The summed E-state index contributed by atoms with van der Waals surface area (Å²) in [5, 5.41) is 11.4. The van der Waals surface area contributed by atoms with Crippen LogP contribution in [0.1, 0.15) is 43.2 Å². The van der Waals surface area contributed by atoms with Crippen molar-refractivity contribution in [1.82, 2.24) is 4.90 Å². The van der Waals surface area contributed by atoms with Gasteiger partial charge in [-0.1, -0.05) is 67.1 Å². The van der Waals surface area contributed by atoms with Gasteiger partial charge in [-0.3, -0.25) is 4.79 Å². The van der Waals surface area contributed by atoms with Crippen molar-refractivity contribution in [2.24, 2.45) is 0 Å². The summed E-state index contributed by atoms with van der Waals surface area (Å²) in [4.78, 5) is 15.5. The average molecular weight is 337 g/mol. The van der Waals surface area contributed by atoms with E-state index in [1.165, 1.54) is 19.3 Å². The molecule has 1 aliphatic heterocycles. The first-order valence-corrected chi connectivity index (χ1v) is 9.30. The molecule has 0 unspecified atom stereocenters. The molecule has 0 spiro atoms. The molecule has 3 rings (SSSR count). The Hall–Kier alpha value is -1.97. The Labute approximate surface area is 150 Å². The van der Waals surface area contributed by atoms with E-state index in [1.807, 2.05) is 60.7 Å². The summed E-state index contributed by atoms with van der Waals surface area (Å²) in [5.41, 5.74) is -0.280. The van der Waals surface area contributed by atoms with Gasteiger partial charge in [-0.05, 0) is 50.0 Å². The van der Waals surface area contributed by atoms with E-state index in [-0.39, 0.29) is 5.78 Å². The number of hydrogen-bond acceptors (Lipinski definition) is 3. The fourth-order valence-electron chi connectivity index (χ4n) is 3.67. The molecule has 1 heterocycles. The van der Waals surface area contributed by atoms with Crippen molar-refractivity contribution in [2.75, 3.05) is 19.6 Å². The number of ketones is 1. The second-order valence-electron chi connectivity index (χ2n) is 6.87. The van der Waals surface area contributed by atoms with Crippen molar-refractivity contribution in [3.05, 3.63) is 71.8 Å². The number of Topliss-reactive ketones (excluding diaryl/α,β-unsaturated/α-hetero) is 1. The Balaban J connectivity index is 1.74. The average Bonchev–Trinajstić information content (AvgIpc) is 2.69. The minimum absolute atomic E-state index is 0.123. The van der Waals surface area contributed by atoms with E-state index in [0.29, 0.717) is 17.5 Å². The lowest BCUT2D eigenvalue weighted by atomic mass is 9.81. The van der Waals surface area contributed by atoms with Crippen molar-refractivity contribution >= 4 is 5.78 Å². The fraction of sp³-hybridized carbons (Fsp3) is 0.409. The third kappa shape index (κ3) is 4.17. The first kappa shape index (κ1) is 17.8. The molecule has 0 radical (unpaired) electrons. The van der Waals surface area contributed by atoms with Crippen LogP contribution < -0.4 is 0 Å². The van der Waals surface area contributed by atoms with Crippen LogP contribution in [0.4, 0.5) is 0 Å². The number of hydrogen-bond donors (Lipinski definition) is 1. The molecule has 0 aromatic heterocycles. The van der Waals surface area contributed by atoms with E-state index in [4.69, 9.17) is 0 Å². The first-order chi connectivity index (χ1) is 12.2. The molecule has 0 aliphatic carbocycles. The highest BCUT2D eigenvalue weighted by molar-refractivity contribution is 5.91. The molecule has 1 fully saturated rings. The van der Waals surface area contributed by atoms with Gasteiger partial charge in [-0.15, -0.1) is 0 Å². The molecular weight excluding hydrogens is 310 g/mol. The summed E-state index contributed by atoms with van der Waals surface area (Å²) in [6.07, 6.45) is 5.01. The molecule has 0 saturated carbocycles. The topological polar surface area (TPSA) is 40.5 Å². The highest BCUT2D eigenvalue weighted by Crippen LogP contribution is 2.32. The first-order valence-electron chi connectivity index (χ1n) is 9.30. The Bertz CT molecular complexity index is 623. The molecule has 1 saturated heterocycles. The van der Waals surface area contributed by atoms with E-state index in [9.17, 15) is 9.90 Å². The zero-order valence-corrected chi connectivity index (χ0v) is 14.7. The molecule has 3 heteroatoms. The number of nitrogens with zero attached hydrogens (tertiary/aromatic N) is 1. The van der Waals surface area contributed by atoms with Crippen molar-refractivity contribution in [3.63, 3.8) is 0 Å². The summed E-state index contributed by atoms with van der Waals surface area (Å²) in [6.45, 7) is 3.21. The number of rotatable bonds is 7. The molecule has 1 N–H and O–H groups in total. The standard InChI is InChI=1S/C22H27NO2/c24-21(15-10-18-23-16-8-3-9-17-23)22(25,19-11-4-1-5-12-19)20-13-6-2-7-14-20/h1-2,4-7,11-14,25H,3,8-10,15-18H2. The lowest BCUT2D eigenvalue weighted by Gasteiger charge is -2.29. The monoisotopic (exact) mass is 337 g/mol. The van der Waals surface area contributed by atoms with E-state index >= 15 is 0 Å². The Kier molecular flexibility index (Phi) is 6.00. The zero-order chi connectivity index (χ0) is 17.5. The highest BCUT2D eigenvalue weighted by atomic mass is 16.3. The molecule has 2 aromatic carbocycles. The maximum Gasteiger partial charge on any atom is 0.173 e. The normalized spacial score (nSPS) is 15.9. The van der Waals surface area contributed by atoms with Crippen molar-refractivity contribution < 1.29 is 9.90 Å². The third-order valence-electron chi connectivity index (χ3n) is 5.11. The van der Waals surface area contributed by atoms with Gasteiger partial charge in [0, 0.05) is 6.42 Å². The number of benzene rings is 2. The van der Waals surface area contributed by atoms with Gasteiger partial charge in [0.1, 0.15) is 0 Å². The fourth-order valence-corrected chi connectivity index (χ4v) is 3.67. The minimum atomic E-state index is -1.57. The largest absolute Gasteiger partial charge is 0.373 e. The van der Waals surface area contributed by atoms with Gasteiger partial charge in [0.2, 0.25) is 0 Å². The molecule has 2 aromatic rings. The Morgan fingerprint density at radius 1 is 0.880 bits per heavy atom. The summed E-state index contributed by atoms with van der Waals surface area (Å²) in [5.74, 6) is -0.123. The van der Waals surface area contributed by atoms with Gasteiger partial charge in [-0.2, -0.15) is 0 Å². The van der Waals surface area contributed by atoms with Crippen LogP contribution >= 0.6 is 0 Å². The molecular formula is C22H27NO2. The van der Waals surface area contributed by atoms with Crippen LogP contribution in [0.3, 0.4) is 0 Å².